The van der Waals surface area contributed by atoms with E-state index in [1.165, 1.54) is 11.8 Å². The molecule has 0 bridgehead atoms. The predicted octanol–water partition coefficient (Wildman–Crippen LogP) is 5.04. The van der Waals surface area contributed by atoms with Crippen molar-refractivity contribution in [3.63, 3.8) is 0 Å². The summed E-state index contributed by atoms with van der Waals surface area (Å²) in [6.45, 7) is 8.04. The largest absolute Gasteiger partial charge is 0.326 e. The lowest BCUT2D eigenvalue weighted by Gasteiger charge is -2.15. The fraction of sp³-hybridized carbons (Fsp3) is 0.375. The first kappa shape index (κ1) is 20.7. The van der Waals surface area contributed by atoms with Crippen LogP contribution in [0.2, 0.25) is 0 Å². The first-order valence-corrected chi connectivity index (χ1v) is 11.2. The van der Waals surface area contributed by atoms with Gasteiger partial charge < -0.3 is 5.32 Å². The Morgan fingerprint density at radius 1 is 1.10 bits per heavy atom. The van der Waals surface area contributed by atoms with Gasteiger partial charge in [0.15, 0.2) is 5.17 Å². The highest BCUT2D eigenvalue weighted by atomic mass is 32.2. The zero-order valence-electron chi connectivity index (χ0n) is 17.9. The molecule has 2 amide bonds. The van der Waals surface area contributed by atoms with Gasteiger partial charge in [-0.15, -0.1) is 0 Å². The Bertz CT molecular complexity index is 1000. The minimum Gasteiger partial charge on any atom is -0.326 e. The van der Waals surface area contributed by atoms with Crippen LogP contribution >= 0.6 is 11.8 Å². The molecular formula is C24H27N3O2S. The summed E-state index contributed by atoms with van der Waals surface area (Å²) in [5.41, 5.74) is 6.02. The van der Waals surface area contributed by atoms with E-state index in [1.54, 1.807) is 0 Å². The highest BCUT2D eigenvalue weighted by molar-refractivity contribution is 8.15. The maximum Gasteiger partial charge on any atom is 0.242 e. The smallest absolute Gasteiger partial charge is 0.242 e. The molecule has 1 aliphatic heterocycles. The fourth-order valence-corrected chi connectivity index (χ4v) is 5.07. The molecule has 1 atom stereocenters. The van der Waals surface area contributed by atoms with Crippen molar-refractivity contribution in [2.75, 3.05) is 5.32 Å². The van der Waals surface area contributed by atoms with Gasteiger partial charge in [0.25, 0.3) is 0 Å². The van der Waals surface area contributed by atoms with E-state index in [9.17, 15) is 9.59 Å². The van der Waals surface area contributed by atoms with Crippen LogP contribution in [0.3, 0.4) is 0 Å². The SMILES string of the molecule is Cc1cc(C)cc(N=C2S[C@H](CC(=O)Nc3c(C)cccc3C)C(=O)N2C2CC2)c1. The van der Waals surface area contributed by atoms with Crippen molar-refractivity contribution in [2.24, 2.45) is 4.99 Å². The summed E-state index contributed by atoms with van der Waals surface area (Å²) in [6, 6.07) is 12.3. The minimum atomic E-state index is -0.431. The maximum absolute atomic E-state index is 13.1. The lowest BCUT2D eigenvalue weighted by atomic mass is 10.1. The van der Waals surface area contributed by atoms with Crippen molar-refractivity contribution in [3.05, 3.63) is 58.7 Å². The topological polar surface area (TPSA) is 61.8 Å². The van der Waals surface area contributed by atoms with Gasteiger partial charge in [-0.2, -0.15) is 0 Å². The average molecular weight is 422 g/mol. The van der Waals surface area contributed by atoms with Crippen LogP contribution in [0.15, 0.2) is 41.4 Å². The van der Waals surface area contributed by atoms with Crippen molar-refractivity contribution < 1.29 is 9.59 Å². The molecular weight excluding hydrogens is 394 g/mol. The summed E-state index contributed by atoms with van der Waals surface area (Å²) in [5.74, 6) is -0.135. The number of para-hydroxylation sites is 1. The highest BCUT2D eigenvalue weighted by Gasteiger charge is 2.46. The van der Waals surface area contributed by atoms with Crippen LogP contribution in [-0.4, -0.2) is 33.2 Å². The Kier molecular flexibility index (Phi) is 5.69. The number of carbonyl (C=O) groups excluding carboxylic acids is 2. The van der Waals surface area contributed by atoms with Crippen molar-refractivity contribution in [1.29, 1.82) is 0 Å². The van der Waals surface area contributed by atoms with E-state index in [2.05, 4.69) is 11.4 Å². The second-order valence-electron chi connectivity index (χ2n) is 8.31. The van der Waals surface area contributed by atoms with Gasteiger partial charge in [-0.3, -0.25) is 14.5 Å². The molecule has 1 N–H and O–H groups in total. The third kappa shape index (κ3) is 4.43. The molecule has 6 heteroatoms. The van der Waals surface area contributed by atoms with Crippen LogP contribution in [0, 0.1) is 27.7 Å². The number of aliphatic imine (C=N–C) groups is 1. The Balaban J connectivity index is 1.53. The molecule has 1 saturated heterocycles. The number of rotatable bonds is 5. The molecule has 5 nitrogen and oxygen atoms in total. The number of thioether (sulfide) groups is 1. The number of anilines is 1. The molecule has 2 fully saturated rings. The number of carbonyl (C=O) groups is 2. The van der Waals surface area contributed by atoms with E-state index in [-0.39, 0.29) is 24.3 Å². The number of nitrogens with zero attached hydrogens (tertiary/aromatic N) is 2. The molecule has 2 aliphatic rings. The summed E-state index contributed by atoms with van der Waals surface area (Å²) in [5, 5.41) is 3.29. The van der Waals surface area contributed by atoms with Gasteiger partial charge in [0.05, 0.1) is 5.69 Å². The second-order valence-corrected chi connectivity index (χ2v) is 9.48. The zero-order chi connectivity index (χ0) is 21.4. The van der Waals surface area contributed by atoms with Gasteiger partial charge in [-0.25, -0.2) is 4.99 Å². The Labute approximate surface area is 182 Å². The summed E-state index contributed by atoms with van der Waals surface area (Å²) < 4.78 is 0. The van der Waals surface area contributed by atoms with Crippen molar-refractivity contribution in [1.82, 2.24) is 4.90 Å². The number of aryl methyl sites for hydroxylation is 4. The molecule has 0 unspecified atom stereocenters. The molecule has 0 spiro atoms. The predicted molar refractivity (Wildman–Crippen MR) is 123 cm³/mol. The van der Waals surface area contributed by atoms with Gasteiger partial charge in [0.2, 0.25) is 11.8 Å². The summed E-state index contributed by atoms with van der Waals surface area (Å²) in [7, 11) is 0. The average Bonchev–Trinajstić information content (AvgIpc) is 3.44. The fourth-order valence-electron chi connectivity index (χ4n) is 3.86. The standard InChI is InChI=1S/C24H27N3O2S/c1-14-10-15(2)12-18(11-14)25-24-27(19-8-9-19)23(29)20(30-24)13-21(28)26-22-16(3)6-5-7-17(22)4/h5-7,10-12,19-20H,8-9,13H2,1-4H3,(H,26,28)/t20-/m1/s1. The number of benzene rings is 2. The molecule has 1 saturated carbocycles. The van der Waals surface area contributed by atoms with Gasteiger partial charge >= 0.3 is 0 Å². The minimum absolute atomic E-state index is 0.00211. The number of hydrogen-bond acceptors (Lipinski definition) is 4. The number of hydrogen-bond donors (Lipinski definition) is 1. The van der Waals surface area contributed by atoms with Gasteiger partial charge in [-0.1, -0.05) is 36.0 Å². The lowest BCUT2D eigenvalue weighted by Crippen LogP contribution is -2.35. The lowest BCUT2D eigenvalue weighted by molar-refractivity contribution is -0.128. The third-order valence-electron chi connectivity index (χ3n) is 5.43. The maximum atomic E-state index is 13.1. The van der Waals surface area contributed by atoms with Crippen LogP contribution in [0.25, 0.3) is 0 Å². The number of amides is 2. The zero-order valence-corrected chi connectivity index (χ0v) is 18.7. The van der Waals surface area contributed by atoms with Crippen molar-refractivity contribution >= 4 is 40.1 Å². The Morgan fingerprint density at radius 3 is 2.33 bits per heavy atom. The third-order valence-corrected chi connectivity index (χ3v) is 6.58. The molecule has 4 rings (SSSR count). The summed E-state index contributed by atoms with van der Waals surface area (Å²) in [4.78, 5) is 32.4. The van der Waals surface area contributed by atoms with E-state index in [4.69, 9.17) is 4.99 Å². The monoisotopic (exact) mass is 421 g/mol. The molecule has 1 heterocycles. The van der Waals surface area contributed by atoms with Gasteiger partial charge in [0.1, 0.15) is 5.25 Å². The highest BCUT2D eigenvalue weighted by Crippen LogP contribution is 2.39. The molecule has 1 aliphatic carbocycles. The Morgan fingerprint density at radius 2 is 1.73 bits per heavy atom. The molecule has 0 radical (unpaired) electrons. The van der Waals surface area contributed by atoms with Gasteiger partial charge in [-0.05, 0) is 74.9 Å². The number of amidine groups is 1. The van der Waals surface area contributed by atoms with Crippen LogP contribution in [-0.2, 0) is 9.59 Å². The van der Waals surface area contributed by atoms with E-state index in [0.29, 0.717) is 0 Å². The quantitative estimate of drug-likeness (QED) is 0.735. The van der Waals surface area contributed by atoms with E-state index in [1.807, 2.05) is 62.9 Å². The number of nitrogens with one attached hydrogen (secondary N) is 1. The van der Waals surface area contributed by atoms with Crippen LogP contribution < -0.4 is 5.32 Å². The summed E-state index contributed by atoms with van der Waals surface area (Å²) >= 11 is 1.41. The van der Waals surface area contributed by atoms with E-state index < -0.39 is 5.25 Å². The first-order chi connectivity index (χ1) is 14.3. The summed E-state index contributed by atoms with van der Waals surface area (Å²) in [6.07, 6.45) is 2.14. The van der Waals surface area contributed by atoms with Crippen LogP contribution in [0.1, 0.15) is 41.5 Å². The molecule has 0 aromatic heterocycles. The second kappa shape index (κ2) is 8.26. The molecule has 2 aromatic carbocycles. The van der Waals surface area contributed by atoms with E-state index in [0.717, 1.165) is 51.6 Å². The Hall–Kier alpha value is -2.60. The molecule has 2 aromatic rings. The van der Waals surface area contributed by atoms with Gasteiger partial charge in [0, 0.05) is 18.2 Å². The van der Waals surface area contributed by atoms with Crippen LogP contribution in [0.5, 0.6) is 0 Å². The van der Waals surface area contributed by atoms with Crippen LogP contribution in [0.4, 0.5) is 11.4 Å². The molecule has 30 heavy (non-hydrogen) atoms. The van der Waals surface area contributed by atoms with E-state index >= 15 is 0 Å². The molecule has 156 valence electrons. The first-order valence-electron chi connectivity index (χ1n) is 10.3. The van der Waals surface area contributed by atoms with Crippen molar-refractivity contribution in [2.45, 2.75) is 58.2 Å². The van der Waals surface area contributed by atoms with Crippen molar-refractivity contribution in [3.8, 4) is 0 Å². The normalized spacial score (nSPS) is 20.1.